The number of halogens is 1. The van der Waals surface area contributed by atoms with Crippen LogP contribution in [0.25, 0.3) is 5.57 Å². The summed E-state index contributed by atoms with van der Waals surface area (Å²) < 4.78 is 5.40. The molecule has 2 heterocycles. The first-order chi connectivity index (χ1) is 10.3. The molecular weight excluding hydrogens is 300 g/mol. The summed E-state index contributed by atoms with van der Waals surface area (Å²) in [7, 11) is 0. The summed E-state index contributed by atoms with van der Waals surface area (Å²) in [6, 6.07) is 4.06. The van der Waals surface area contributed by atoms with Gasteiger partial charge in [0.1, 0.15) is 5.60 Å². The van der Waals surface area contributed by atoms with Crippen molar-refractivity contribution in [1.82, 2.24) is 9.88 Å². The van der Waals surface area contributed by atoms with E-state index < -0.39 is 5.60 Å². The molecule has 5 heteroatoms. The number of aromatic nitrogens is 1. The Bertz CT molecular complexity index is 591. The van der Waals surface area contributed by atoms with Gasteiger partial charge < -0.3 is 9.64 Å². The van der Waals surface area contributed by atoms with Crippen molar-refractivity contribution < 1.29 is 9.53 Å². The quantitative estimate of drug-likeness (QED) is 0.768. The molecule has 1 aromatic rings. The van der Waals surface area contributed by atoms with E-state index in [1.165, 1.54) is 0 Å². The van der Waals surface area contributed by atoms with Crippen molar-refractivity contribution in [3.05, 3.63) is 35.2 Å². The van der Waals surface area contributed by atoms with Gasteiger partial charge in [-0.05, 0) is 51.3 Å². The lowest BCUT2D eigenvalue weighted by atomic mass is 10.0. The molecule has 2 rings (SSSR count). The van der Waals surface area contributed by atoms with Crippen LogP contribution in [0.2, 0.25) is 0 Å². The molecule has 120 valence electrons. The lowest BCUT2D eigenvalue weighted by Crippen LogP contribution is -2.39. The van der Waals surface area contributed by atoms with Crippen LogP contribution in [0.3, 0.4) is 0 Å². The molecule has 0 spiro atoms. The molecule has 0 N–H and O–H groups in total. The summed E-state index contributed by atoms with van der Waals surface area (Å²) in [4.78, 5) is 18.4. The molecule has 1 aromatic heterocycles. The van der Waals surface area contributed by atoms with Gasteiger partial charge in [0, 0.05) is 13.1 Å². The Balaban J connectivity index is 2.07. The van der Waals surface area contributed by atoms with Crippen molar-refractivity contribution in [3.8, 4) is 0 Å². The molecule has 4 nitrogen and oxygen atoms in total. The molecule has 0 saturated carbocycles. The first-order valence-corrected chi connectivity index (χ1v) is 8.03. The van der Waals surface area contributed by atoms with Gasteiger partial charge in [0.05, 0.1) is 17.3 Å². The van der Waals surface area contributed by atoms with Crippen molar-refractivity contribution in [2.24, 2.45) is 0 Å². The number of aryl methyl sites for hydroxylation is 1. The molecule has 1 aliphatic rings. The second-order valence-electron chi connectivity index (χ2n) is 6.50. The predicted octanol–water partition coefficient (Wildman–Crippen LogP) is 4.15. The van der Waals surface area contributed by atoms with Crippen LogP contribution in [0.15, 0.2) is 18.2 Å². The van der Waals surface area contributed by atoms with Gasteiger partial charge >= 0.3 is 6.09 Å². The van der Waals surface area contributed by atoms with Gasteiger partial charge in [-0.15, -0.1) is 11.6 Å². The van der Waals surface area contributed by atoms with Crippen LogP contribution >= 0.6 is 11.6 Å². The molecule has 0 fully saturated rings. The zero-order chi connectivity index (χ0) is 16.3. The van der Waals surface area contributed by atoms with Gasteiger partial charge in [0.2, 0.25) is 0 Å². The number of rotatable bonds is 2. The van der Waals surface area contributed by atoms with Gasteiger partial charge in [0.25, 0.3) is 0 Å². The summed E-state index contributed by atoms with van der Waals surface area (Å²) in [5.74, 6) is 0.414. The summed E-state index contributed by atoms with van der Waals surface area (Å²) in [6.07, 6.45) is 2.56. The van der Waals surface area contributed by atoms with E-state index >= 15 is 0 Å². The van der Waals surface area contributed by atoms with Crippen LogP contribution in [0.5, 0.6) is 0 Å². The SMILES string of the molecule is Cc1ccc(C2=CCN(C(=O)OC(C)(C)C)CC2)nc1CCl. The molecule has 22 heavy (non-hydrogen) atoms. The summed E-state index contributed by atoms with van der Waals surface area (Å²) in [6.45, 7) is 8.83. The zero-order valence-electron chi connectivity index (χ0n) is 13.6. The van der Waals surface area contributed by atoms with Crippen LogP contribution < -0.4 is 0 Å². The van der Waals surface area contributed by atoms with Gasteiger partial charge in [-0.2, -0.15) is 0 Å². The average Bonchev–Trinajstić information content (AvgIpc) is 2.46. The lowest BCUT2D eigenvalue weighted by molar-refractivity contribution is 0.0270. The fourth-order valence-electron chi connectivity index (χ4n) is 2.28. The highest BCUT2D eigenvalue weighted by Crippen LogP contribution is 2.23. The average molecular weight is 323 g/mol. The Morgan fingerprint density at radius 3 is 2.68 bits per heavy atom. The van der Waals surface area contributed by atoms with Gasteiger partial charge in [-0.1, -0.05) is 12.1 Å². The zero-order valence-corrected chi connectivity index (χ0v) is 14.4. The lowest BCUT2D eigenvalue weighted by Gasteiger charge is -2.29. The van der Waals surface area contributed by atoms with Crippen LogP contribution in [0.1, 0.15) is 44.1 Å². The van der Waals surface area contributed by atoms with E-state index in [-0.39, 0.29) is 6.09 Å². The number of hydrogen-bond acceptors (Lipinski definition) is 3. The normalized spacial score (nSPS) is 15.5. The van der Waals surface area contributed by atoms with Crippen LogP contribution in [-0.2, 0) is 10.6 Å². The van der Waals surface area contributed by atoms with Crippen LogP contribution in [0, 0.1) is 6.92 Å². The van der Waals surface area contributed by atoms with E-state index in [2.05, 4.69) is 4.98 Å². The fraction of sp³-hybridized carbons (Fsp3) is 0.529. The van der Waals surface area contributed by atoms with E-state index in [4.69, 9.17) is 16.3 Å². The minimum atomic E-state index is -0.463. The summed E-state index contributed by atoms with van der Waals surface area (Å²) >= 11 is 5.92. The Hall–Kier alpha value is -1.55. The topological polar surface area (TPSA) is 42.4 Å². The number of alkyl halides is 1. The number of pyridine rings is 1. The fourth-order valence-corrected chi connectivity index (χ4v) is 2.55. The smallest absolute Gasteiger partial charge is 0.410 e. The highest BCUT2D eigenvalue weighted by atomic mass is 35.5. The van der Waals surface area contributed by atoms with Gasteiger partial charge in [-0.25, -0.2) is 4.79 Å². The molecule has 1 amide bonds. The van der Waals surface area contributed by atoms with E-state index in [1.54, 1.807) is 4.90 Å². The second-order valence-corrected chi connectivity index (χ2v) is 6.77. The Morgan fingerprint density at radius 2 is 2.14 bits per heavy atom. The molecule has 0 bridgehead atoms. The number of ether oxygens (including phenoxy) is 1. The van der Waals surface area contributed by atoms with Crippen LogP contribution in [-0.4, -0.2) is 34.7 Å². The molecule has 0 aliphatic carbocycles. The molecule has 0 radical (unpaired) electrons. The minimum Gasteiger partial charge on any atom is -0.444 e. The maximum atomic E-state index is 12.0. The van der Waals surface area contributed by atoms with Crippen molar-refractivity contribution >= 4 is 23.3 Å². The third kappa shape index (κ3) is 4.23. The highest BCUT2D eigenvalue weighted by molar-refractivity contribution is 6.17. The number of carbonyl (C=O) groups excluding carboxylic acids is 1. The molecule has 0 aromatic carbocycles. The third-order valence-corrected chi connectivity index (χ3v) is 3.77. The first kappa shape index (κ1) is 16.8. The Kier molecular flexibility index (Phi) is 5.12. The van der Waals surface area contributed by atoms with E-state index in [0.29, 0.717) is 19.0 Å². The molecule has 1 aliphatic heterocycles. The summed E-state index contributed by atoms with van der Waals surface area (Å²) in [5, 5.41) is 0. The van der Waals surface area contributed by atoms with E-state index in [0.717, 1.165) is 28.9 Å². The number of nitrogens with zero attached hydrogens (tertiary/aromatic N) is 2. The predicted molar refractivity (Wildman–Crippen MR) is 88.9 cm³/mol. The van der Waals surface area contributed by atoms with Crippen LogP contribution in [0.4, 0.5) is 4.79 Å². The summed E-state index contributed by atoms with van der Waals surface area (Å²) in [5.41, 5.74) is 3.66. The first-order valence-electron chi connectivity index (χ1n) is 7.50. The minimum absolute atomic E-state index is 0.263. The number of amides is 1. The molecule has 0 atom stereocenters. The number of carbonyl (C=O) groups is 1. The standard InChI is InChI=1S/C17H23ClN2O2/c1-12-5-6-14(19-15(12)11-18)13-7-9-20(10-8-13)16(21)22-17(2,3)4/h5-7H,8-11H2,1-4H3. The van der Waals surface area contributed by atoms with Gasteiger partial charge in [0.15, 0.2) is 0 Å². The molecule has 0 saturated heterocycles. The van der Waals surface area contributed by atoms with Crippen molar-refractivity contribution in [3.63, 3.8) is 0 Å². The molecular formula is C17H23ClN2O2. The Morgan fingerprint density at radius 1 is 1.41 bits per heavy atom. The van der Waals surface area contributed by atoms with Crippen molar-refractivity contribution in [2.45, 2.75) is 45.6 Å². The van der Waals surface area contributed by atoms with E-state index in [9.17, 15) is 4.79 Å². The van der Waals surface area contributed by atoms with E-state index in [1.807, 2.05) is 45.9 Å². The van der Waals surface area contributed by atoms with Crippen molar-refractivity contribution in [1.29, 1.82) is 0 Å². The number of hydrogen-bond donors (Lipinski definition) is 0. The largest absolute Gasteiger partial charge is 0.444 e. The maximum absolute atomic E-state index is 12.0. The molecule has 0 unspecified atom stereocenters. The Labute approximate surface area is 137 Å². The highest BCUT2D eigenvalue weighted by Gasteiger charge is 2.24. The van der Waals surface area contributed by atoms with Gasteiger partial charge in [-0.3, -0.25) is 4.98 Å². The van der Waals surface area contributed by atoms with Crippen molar-refractivity contribution in [2.75, 3.05) is 13.1 Å². The monoisotopic (exact) mass is 322 g/mol. The maximum Gasteiger partial charge on any atom is 0.410 e. The third-order valence-electron chi connectivity index (χ3n) is 3.52. The second kappa shape index (κ2) is 6.69.